The second-order valence-electron chi connectivity index (χ2n) is 4.75. The summed E-state index contributed by atoms with van der Waals surface area (Å²) in [6.45, 7) is 6.16. The average Bonchev–Trinajstić information content (AvgIpc) is 2.43. The maximum atomic E-state index is 10.9. The van der Waals surface area contributed by atoms with Gasteiger partial charge in [0, 0.05) is 0 Å². The molecule has 6 heteroatoms. The Balaban J connectivity index is 2.67. The van der Waals surface area contributed by atoms with E-state index < -0.39 is 12.1 Å². The zero-order valence-corrected chi connectivity index (χ0v) is 12.5. The molecule has 1 aromatic rings. The third kappa shape index (κ3) is 6.01. The topological polar surface area (TPSA) is 85.2 Å². The summed E-state index contributed by atoms with van der Waals surface area (Å²) in [5.41, 5.74) is 0.120. The second-order valence-corrected chi connectivity index (χ2v) is 4.75. The SMILES string of the molecule is CCOc1cc(C(=O)O)ccc1OCC(O)COC(C)C. The minimum absolute atomic E-state index is 0.0356. The third-order valence-electron chi connectivity index (χ3n) is 2.54. The smallest absolute Gasteiger partial charge is 0.335 e. The van der Waals surface area contributed by atoms with Crippen LogP contribution in [0.15, 0.2) is 18.2 Å². The Bertz CT molecular complexity index is 457. The van der Waals surface area contributed by atoms with Gasteiger partial charge in [0.05, 0.1) is 24.9 Å². The van der Waals surface area contributed by atoms with Crippen molar-refractivity contribution in [3.63, 3.8) is 0 Å². The molecule has 0 bridgehead atoms. The molecule has 1 atom stereocenters. The van der Waals surface area contributed by atoms with E-state index in [-0.39, 0.29) is 24.9 Å². The molecule has 21 heavy (non-hydrogen) atoms. The molecule has 2 N–H and O–H groups in total. The number of aliphatic hydroxyl groups excluding tert-OH is 1. The zero-order valence-electron chi connectivity index (χ0n) is 12.5. The van der Waals surface area contributed by atoms with Crippen molar-refractivity contribution in [2.45, 2.75) is 33.0 Å². The average molecular weight is 298 g/mol. The predicted molar refractivity (Wildman–Crippen MR) is 77.2 cm³/mol. The highest BCUT2D eigenvalue weighted by Crippen LogP contribution is 2.28. The van der Waals surface area contributed by atoms with Crippen LogP contribution >= 0.6 is 0 Å². The van der Waals surface area contributed by atoms with Gasteiger partial charge in [0.25, 0.3) is 0 Å². The number of hydrogen-bond donors (Lipinski definition) is 2. The standard InChI is InChI=1S/C15H22O6/c1-4-19-14-7-11(15(17)18)5-6-13(14)21-9-12(16)8-20-10(2)3/h5-7,10,12,16H,4,8-9H2,1-3H3,(H,17,18). The lowest BCUT2D eigenvalue weighted by atomic mass is 10.2. The van der Waals surface area contributed by atoms with E-state index in [0.29, 0.717) is 18.1 Å². The van der Waals surface area contributed by atoms with Crippen molar-refractivity contribution < 1.29 is 29.2 Å². The molecule has 1 aromatic carbocycles. The van der Waals surface area contributed by atoms with Gasteiger partial charge in [-0.25, -0.2) is 4.79 Å². The number of carboxylic acid groups (broad SMARTS) is 1. The number of ether oxygens (including phenoxy) is 3. The van der Waals surface area contributed by atoms with Crippen molar-refractivity contribution in [3.8, 4) is 11.5 Å². The van der Waals surface area contributed by atoms with Gasteiger partial charge in [-0.15, -0.1) is 0 Å². The van der Waals surface area contributed by atoms with Gasteiger partial charge in [-0.1, -0.05) is 0 Å². The van der Waals surface area contributed by atoms with Crippen LogP contribution in [0.2, 0.25) is 0 Å². The van der Waals surface area contributed by atoms with Crippen LogP contribution in [0.25, 0.3) is 0 Å². The van der Waals surface area contributed by atoms with Gasteiger partial charge in [0.15, 0.2) is 11.5 Å². The number of carbonyl (C=O) groups is 1. The van der Waals surface area contributed by atoms with E-state index in [2.05, 4.69) is 0 Å². The fraction of sp³-hybridized carbons (Fsp3) is 0.533. The minimum atomic E-state index is -1.03. The summed E-state index contributed by atoms with van der Waals surface area (Å²) >= 11 is 0. The molecule has 0 aliphatic heterocycles. The first-order chi connectivity index (χ1) is 9.93. The van der Waals surface area contributed by atoms with E-state index in [1.54, 1.807) is 6.92 Å². The monoisotopic (exact) mass is 298 g/mol. The molecule has 1 rings (SSSR count). The van der Waals surface area contributed by atoms with Crippen LogP contribution in [0.5, 0.6) is 11.5 Å². The van der Waals surface area contributed by atoms with Crippen molar-refractivity contribution in [1.29, 1.82) is 0 Å². The van der Waals surface area contributed by atoms with Crippen LogP contribution in [-0.2, 0) is 4.74 Å². The number of benzene rings is 1. The van der Waals surface area contributed by atoms with E-state index in [1.807, 2.05) is 13.8 Å². The normalized spacial score (nSPS) is 12.2. The van der Waals surface area contributed by atoms with E-state index in [9.17, 15) is 9.90 Å². The summed E-state index contributed by atoms with van der Waals surface area (Å²) in [7, 11) is 0. The molecule has 0 amide bonds. The van der Waals surface area contributed by atoms with E-state index >= 15 is 0 Å². The minimum Gasteiger partial charge on any atom is -0.490 e. The van der Waals surface area contributed by atoms with Crippen LogP contribution < -0.4 is 9.47 Å². The second kappa shape index (κ2) is 8.49. The quantitative estimate of drug-likeness (QED) is 0.725. The van der Waals surface area contributed by atoms with Crippen molar-refractivity contribution in [2.75, 3.05) is 19.8 Å². The van der Waals surface area contributed by atoms with Gasteiger partial charge < -0.3 is 24.4 Å². The van der Waals surface area contributed by atoms with Crippen LogP contribution in [0.3, 0.4) is 0 Å². The van der Waals surface area contributed by atoms with Crippen LogP contribution in [-0.4, -0.2) is 48.2 Å². The van der Waals surface area contributed by atoms with Gasteiger partial charge in [-0.3, -0.25) is 0 Å². The molecule has 0 fully saturated rings. The lowest BCUT2D eigenvalue weighted by Gasteiger charge is -2.16. The summed E-state index contributed by atoms with van der Waals surface area (Å²) < 4.78 is 16.1. The fourth-order valence-electron chi connectivity index (χ4n) is 1.57. The van der Waals surface area contributed by atoms with Crippen molar-refractivity contribution >= 4 is 5.97 Å². The van der Waals surface area contributed by atoms with Crippen molar-refractivity contribution in [3.05, 3.63) is 23.8 Å². The first-order valence-corrected chi connectivity index (χ1v) is 6.86. The van der Waals surface area contributed by atoms with Crippen molar-refractivity contribution in [1.82, 2.24) is 0 Å². The van der Waals surface area contributed by atoms with Gasteiger partial charge in [-0.2, -0.15) is 0 Å². The Morgan fingerprint density at radius 2 is 1.90 bits per heavy atom. The number of aliphatic hydroxyl groups is 1. The summed E-state index contributed by atoms with van der Waals surface area (Å²) in [6.07, 6.45) is -0.727. The fourth-order valence-corrected chi connectivity index (χ4v) is 1.57. The highest BCUT2D eigenvalue weighted by Gasteiger charge is 2.13. The van der Waals surface area contributed by atoms with Crippen LogP contribution in [0, 0.1) is 0 Å². The number of aromatic carboxylic acids is 1. The van der Waals surface area contributed by atoms with E-state index in [0.717, 1.165) is 0 Å². The van der Waals surface area contributed by atoms with E-state index in [1.165, 1.54) is 18.2 Å². The molecule has 0 aromatic heterocycles. The van der Waals surface area contributed by atoms with Gasteiger partial charge in [0.2, 0.25) is 0 Å². The summed E-state index contributed by atoms with van der Waals surface area (Å²) in [5.74, 6) is -0.298. The molecule has 0 spiro atoms. The lowest BCUT2D eigenvalue weighted by molar-refractivity contribution is -0.0126. The first-order valence-electron chi connectivity index (χ1n) is 6.86. The molecule has 0 saturated heterocycles. The molecule has 0 aliphatic carbocycles. The maximum Gasteiger partial charge on any atom is 0.335 e. The number of rotatable bonds is 9. The highest BCUT2D eigenvalue weighted by atomic mass is 16.5. The van der Waals surface area contributed by atoms with Crippen LogP contribution in [0.4, 0.5) is 0 Å². The molecule has 0 aliphatic rings. The predicted octanol–water partition coefficient (Wildman–Crippen LogP) is 1.95. The largest absolute Gasteiger partial charge is 0.490 e. The molecule has 6 nitrogen and oxygen atoms in total. The summed E-state index contributed by atoms with van der Waals surface area (Å²) in [4.78, 5) is 10.9. The van der Waals surface area contributed by atoms with Gasteiger partial charge in [0.1, 0.15) is 12.7 Å². The maximum absolute atomic E-state index is 10.9. The summed E-state index contributed by atoms with van der Waals surface area (Å²) in [5, 5.41) is 18.7. The van der Waals surface area contributed by atoms with Crippen molar-refractivity contribution in [2.24, 2.45) is 0 Å². The zero-order chi connectivity index (χ0) is 15.8. The molecule has 118 valence electrons. The Morgan fingerprint density at radius 3 is 2.48 bits per heavy atom. The third-order valence-corrected chi connectivity index (χ3v) is 2.54. The van der Waals surface area contributed by atoms with Gasteiger partial charge in [-0.05, 0) is 39.0 Å². The summed E-state index contributed by atoms with van der Waals surface area (Å²) in [6, 6.07) is 4.35. The van der Waals surface area contributed by atoms with Gasteiger partial charge >= 0.3 is 5.97 Å². The molecule has 0 heterocycles. The van der Waals surface area contributed by atoms with E-state index in [4.69, 9.17) is 19.3 Å². The molecular formula is C15H22O6. The van der Waals surface area contributed by atoms with Crippen LogP contribution in [0.1, 0.15) is 31.1 Å². The molecule has 0 radical (unpaired) electrons. The first kappa shape index (κ1) is 17.3. The number of hydrogen-bond acceptors (Lipinski definition) is 5. The molecular weight excluding hydrogens is 276 g/mol. The Hall–Kier alpha value is -1.79. The Kier molecular flexibility index (Phi) is 6.98. The highest BCUT2D eigenvalue weighted by molar-refractivity contribution is 5.88. The Morgan fingerprint density at radius 1 is 1.19 bits per heavy atom. The molecule has 0 saturated carbocycles. The Labute approximate surface area is 124 Å². The molecule has 1 unspecified atom stereocenters. The lowest BCUT2D eigenvalue weighted by Crippen LogP contribution is -2.25. The number of carboxylic acids is 1.